The van der Waals surface area contributed by atoms with Gasteiger partial charge in [0.15, 0.2) is 5.65 Å². The van der Waals surface area contributed by atoms with Crippen LogP contribution in [-0.4, -0.2) is 23.8 Å². The predicted molar refractivity (Wildman–Crippen MR) is 195 cm³/mol. The minimum Gasteiger partial charge on any atom is -0.275 e. The zero-order valence-corrected chi connectivity index (χ0v) is 28.7. The second-order valence-corrected chi connectivity index (χ2v) is 13.8. The summed E-state index contributed by atoms with van der Waals surface area (Å²) in [4.78, 5) is 9.69. The fraction of sp³-hybridized carbons (Fsp3) is 0.293. The molecule has 0 bridgehead atoms. The summed E-state index contributed by atoms with van der Waals surface area (Å²) in [6.07, 6.45) is 5.70. The Bertz CT molecular complexity index is 2120. The zero-order chi connectivity index (χ0) is 33.0. The van der Waals surface area contributed by atoms with E-state index in [9.17, 15) is 0 Å². The first-order valence-electron chi connectivity index (χ1n) is 16.9. The van der Waals surface area contributed by atoms with Crippen LogP contribution in [0.1, 0.15) is 101 Å². The standard InChI is InChI=1S/C41H44N6/c1-25(2)29-15-11-16-30(26(3)4)38(29)45-36-20-13-22-43-40(36)46(39-31(27(5)6)17-12-18-32(39)28(7)8)41(45)44-47-35-19-10-9-14-33(35)34-21-23-42-24-37(34)47/h9-28H,1-8H3/b44-41+. The second kappa shape index (κ2) is 12.0. The molecule has 3 aromatic carbocycles. The second-order valence-electron chi connectivity index (χ2n) is 13.8. The minimum absolute atomic E-state index is 0.290. The molecule has 0 spiro atoms. The number of hydrogen-bond donors (Lipinski definition) is 0. The van der Waals surface area contributed by atoms with Crippen LogP contribution in [0.5, 0.6) is 0 Å². The van der Waals surface area contributed by atoms with Gasteiger partial charge in [0.05, 0.1) is 34.1 Å². The van der Waals surface area contributed by atoms with E-state index in [1.165, 1.54) is 27.9 Å². The molecule has 0 aliphatic heterocycles. The van der Waals surface area contributed by atoms with Crippen LogP contribution < -0.4 is 5.62 Å². The molecule has 238 valence electrons. The van der Waals surface area contributed by atoms with Crippen molar-refractivity contribution in [2.45, 2.75) is 79.1 Å². The Morgan fingerprint density at radius 2 is 1.04 bits per heavy atom. The van der Waals surface area contributed by atoms with Crippen LogP contribution in [0, 0.1) is 0 Å². The van der Waals surface area contributed by atoms with Gasteiger partial charge in [-0.05, 0) is 70.2 Å². The fourth-order valence-electron chi connectivity index (χ4n) is 7.09. The monoisotopic (exact) mass is 620 g/mol. The van der Waals surface area contributed by atoms with E-state index in [1.807, 2.05) is 24.7 Å². The molecule has 0 aliphatic rings. The molecule has 4 heterocycles. The number of nitrogens with zero attached hydrogens (tertiary/aromatic N) is 6. The zero-order valence-electron chi connectivity index (χ0n) is 28.7. The summed E-state index contributed by atoms with van der Waals surface area (Å²) in [7, 11) is 0. The largest absolute Gasteiger partial charge is 0.275 e. The van der Waals surface area contributed by atoms with E-state index in [-0.39, 0.29) is 11.8 Å². The minimum atomic E-state index is 0.290. The first-order chi connectivity index (χ1) is 22.7. The lowest BCUT2D eigenvalue weighted by molar-refractivity contribution is 0.737. The highest BCUT2D eigenvalue weighted by atomic mass is 15.4. The molecular formula is C41H44N6. The van der Waals surface area contributed by atoms with Crippen molar-refractivity contribution >= 4 is 33.0 Å². The SMILES string of the molecule is CC(C)c1cccc(C(C)C)c1-n1/c(=N\n2c3ccccc3c3ccncc32)n(-c2c(C(C)C)cccc2C(C)C)c2ncccc21. The summed E-state index contributed by atoms with van der Waals surface area (Å²) in [5, 5.41) is 7.99. The van der Waals surface area contributed by atoms with E-state index in [1.54, 1.807) is 0 Å². The molecule has 0 saturated carbocycles. The number of pyridine rings is 2. The van der Waals surface area contributed by atoms with E-state index in [0.717, 1.165) is 44.3 Å². The van der Waals surface area contributed by atoms with Crippen LogP contribution in [0.15, 0.2) is 103 Å². The highest BCUT2D eigenvalue weighted by molar-refractivity contribution is 6.07. The van der Waals surface area contributed by atoms with Crippen molar-refractivity contribution < 1.29 is 0 Å². The average Bonchev–Trinajstić information content (AvgIpc) is 3.56. The van der Waals surface area contributed by atoms with E-state index < -0.39 is 0 Å². The molecule has 0 unspecified atom stereocenters. The van der Waals surface area contributed by atoms with Gasteiger partial charge in [-0.3, -0.25) is 14.1 Å². The van der Waals surface area contributed by atoms with Gasteiger partial charge in [0.25, 0.3) is 0 Å². The van der Waals surface area contributed by atoms with E-state index >= 15 is 0 Å². The Morgan fingerprint density at radius 1 is 0.511 bits per heavy atom. The topological polar surface area (TPSA) is 52.9 Å². The third-order valence-corrected chi connectivity index (χ3v) is 9.39. The van der Waals surface area contributed by atoms with E-state index in [2.05, 4.69) is 147 Å². The van der Waals surface area contributed by atoms with Gasteiger partial charge in [-0.15, -0.1) is 5.10 Å². The maximum absolute atomic E-state index is 5.71. The van der Waals surface area contributed by atoms with Crippen molar-refractivity contribution in [3.05, 3.63) is 125 Å². The summed E-state index contributed by atoms with van der Waals surface area (Å²) in [5.41, 5.74) is 12.2. The molecule has 47 heavy (non-hydrogen) atoms. The van der Waals surface area contributed by atoms with Crippen LogP contribution in [0.3, 0.4) is 0 Å². The number of imidazole rings is 1. The molecule has 0 N–H and O–H groups in total. The van der Waals surface area contributed by atoms with Crippen molar-refractivity contribution in [1.29, 1.82) is 0 Å². The number of fused-ring (bicyclic) bond motifs is 4. The quantitative estimate of drug-likeness (QED) is 0.178. The third kappa shape index (κ3) is 4.98. The number of aromatic nitrogens is 5. The first kappa shape index (κ1) is 30.7. The third-order valence-electron chi connectivity index (χ3n) is 9.39. The van der Waals surface area contributed by atoms with Gasteiger partial charge in [0, 0.05) is 23.2 Å². The summed E-state index contributed by atoms with van der Waals surface area (Å²) in [6, 6.07) is 28.3. The molecule has 7 aromatic rings. The highest BCUT2D eigenvalue weighted by Gasteiger charge is 2.26. The number of rotatable bonds is 7. The maximum atomic E-state index is 5.71. The predicted octanol–water partition coefficient (Wildman–Crippen LogP) is 10.2. The highest BCUT2D eigenvalue weighted by Crippen LogP contribution is 2.36. The number of para-hydroxylation sites is 3. The molecule has 0 atom stereocenters. The van der Waals surface area contributed by atoms with Crippen LogP contribution >= 0.6 is 0 Å². The summed E-state index contributed by atoms with van der Waals surface area (Å²) < 4.78 is 6.79. The van der Waals surface area contributed by atoms with Gasteiger partial charge in [-0.25, -0.2) is 9.66 Å². The van der Waals surface area contributed by atoms with Gasteiger partial charge < -0.3 is 0 Å². The smallest absolute Gasteiger partial charge is 0.239 e. The number of hydrogen-bond acceptors (Lipinski definition) is 3. The Morgan fingerprint density at radius 3 is 1.64 bits per heavy atom. The van der Waals surface area contributed by atoms with Crippen LogP contribution in [-0.2, 0) is 0 Å². The molecular weight excluding hydrogens is 576 g/mol. The first-order valence-corrected chi connectivity index (χ1v) is 16.9. The molecule has 6 heteroatoms. The average molecular weight is 621 g/mol. The summed E-state index contributed by atoms with van der Waals surface area (Å²) in [5.74, 6) is 1.17. The molecule has 7 rings (SSSR count). The lowest BCUT2D eigenvalue weighted by atomic mass is 9.92. The Kier molecular flexibility index (Phi) is 7.83. The van der Waals surface area contributed by atoms with Crippen molar-refractivity contribution in [3.8, 4) is 11.4 Å². The molecule has 0 fully saturated rings. The molecule has 4 aromatic heterocycles. The summed E-state index contributed by atoms with van der Waals surface area (Å²) in [6.45, 7) is 18.2. The molecule has 0 aliphatic carbocycles. The van der Waals surface area contributed by atoms with Crippen LogP contribution in [0.25, 0.3) is 44.3 Å². The number of benzene rings is 3. The van der Waals surface area contributed by atoms with Crippen LogP contribution in [0.4, 0.5) is 0 Å². The lowest BCUT2D eigenvalue weighted by Gasteiger charge is -2.22. The molecule has 0 amide bonds. The lowest BCUT2D eigenvalue weighted by Crippen LogP contribution is -2.29. The fourth-order valence-corrected chi connectivity index (χ4v) is 7.09. The van der Waals surface area contributed by atoms with Gasteiger partial charge in [0.2, 0.25) is 5.62 Å². The Hall–Kier alpha value is -4.97. The molecule has 0 radical (unpaired) electrons. The Balaban J connectivity index is 1.79. The van der Waals surface area contributed by atoms with Crippen molar-refractivity contribution in [3.63, 3.8) is 0 Å². The van der Waals surface area contributed by atoms with Crippen molar-refractivity contribution in [2.24, 2.45) is 5.10 Å². The van der Waals surface area contributed by atoms with Gasteiger partial charge in [-0.2, -0.15) is 0 Å². The normalized spacial score (nSPS) is 12.7. The Labute approximate surface area is 277 Å². The van der Waals surface area contributed by atoms with Crippen LogP contribution in [0.2, 0.25) is 0 Å². The van der Waals surface area contributed by atoms with Crippen molar-refractivity contribution in [2.75, 3.05) is 0 Å². The van der Waals surface area contributed by atoms with E-state index in [0.29, 0.717) is 11.8 Å². The maximum Gasteiger partial charge on any atom is 0.239 e. The van der Waals surface area contributed by atoms with E-state index in [4.69, 9.17) is 10.1 Å². The van der Waals surface area contributed by atoms with Gasteiger partial charge >= 0.3 is 0 Å². The molecule has 0 saturated heterocycles. The molecule has 6 nitrogen and oxygen atoms in total. The van der Waals surface area contributed by atoms with Crippen molar-refractivity contribution in [1.82, 2.24) is 23.8 Å². The summed E-state index contributed by atoms with van der Waals surface area (Å²) >= 11 is 0. The van der Waals surface area contributed by atoms with Gasteiger partial charge in [0.1, 0.15) is 0 Å². The van der Waals surface area contributed by atoms with Gasteiger partial charge in [-0.1, -0.05) is 110 Å².